The zero-order valence-electron chi connectivity index (χ0n) is 13.4. The normalized spacial score (nSPS) is 17.1. The lowest BCUT2D eigenvalue weighted by atomic mass is 10.3. The third-order valence-electron chi connectivity index (χ3n) is 3.39. The van der Waals surface area contributed by atoms with Gasteiger partial charge in [0.25, 0.3) is 0 Å². The van der Waals surface area contributed by atoms with E-state index in [4.69, 9.17) is 30.5 Å². The molecule has 0 amide bonds. The van der Waals surface area contributed by atoms with Gasteiger partial charge in [-0.1, -0.05) is 11.6 Å². The summed E-state index contributed by atoms with van der Waals surface area (Å²) in [6.45, 7) is 4.70. The zero-order chi connectivity index (χ0) is 16.8. The van der Waals surface area contributed by atoms with Crippen molar-refractivity contribution in [3.8, 4) is 11.5 Å². The number of aryl methyl sites for hydroxylation is 1. The topological polar surface area (TPSA) is 62.7 Å². The SMILES string of the molecule is Cc1cc(OC2COC2)ccn1.Clc1cc(OC2COC2)ccn1. The van der Waals surface area contributed by atoms with E-state index >= 15 is 0 Å². The minimum atomic E-state index is 0.184. The molecule has 0 radical (unpaired) electrons. The molecule has 7 heteroatoms. The molecule has 24 heavy (non-hydrogen) atoms. The van der Waals surface area contributed by atoms with Crippen molar-refractivity contribution >= 4 is 11.6 Å². The highest BCUT2D eigenvalue weighted by Crippen LogP contribution is 2.18. The molecule has 2 saturated heterocycles. The Morgan fingerprint density at radius 1 is 0.917 bits per heavy atom. The van der Waals surface area contributed by atoms with Gasteiger partial charge in [-0.2, -0.15) is 0 Å². The number of ether oxygens (including phenoxy) is 4. The second-order valence-electron chi connectivity index (χ2n) is 5.50. The van der Waals surface area contributed by atoms with Crippen LogP contribution < -0.4 is 9.47 Å². The Bertz CT molecular complexity index is 605. The van der Waals surface area contributed by atoms with E-state index in [1.54, 1.807) is 24.5 Å². The second-order valence-corrected chi connectivity index (χ2v) is 5.89. The predicted molar refractivity (Wildman–Crippen MR) is 88.7 cm³/mol. The molecule has 0 aliphatic carbocycles. The molecule has 0 spiro atoms. The zero-order valence-corrected chi connectivity index (χ0v) is 14.1. The van der Waals surface area contributed by atoms with Crippen LogP contribution in [-0.2, 0) is 9.47 Å². The first-order valence-electron chi connectivity index (χ1n) is 7.72. The van der Waals surface area contributed by atoms with E-state index in [0.717, 1.165) is 17.2 Å². The van der Waals surface area contributed by atoms with Crippen molar-refractivity contribution in [2.45, 2.75) is 19.1 Å². The van der Waals surface area contributed by atoms with E-state index < -0.39 is 0 Å². The van der Waals surface area contributed by atoms with Crippen LogP contribution in [0.5, 0.6) is 11.5 Å². The van der Waals surface area contributed by atoms with Gasteiger partial charge in [-0.05, 0) is 19.1 Å². The van der Waals surface area contributed by atoms with Crippen molar-refractivity contribution in [3.05, 3.63) is 47.5 Å². The van der Waals surface area contributed by atoms with Crippen molar-refractivity contribution in [3.63, 3.8) is 0 Å². The monoisotopic (exact) mass is 350 g/mol. The first kappa shape index (κ1) is 17.0. The Morgan fingerprint density at radius 2 is 1.46 bits per heavy atom. The van der Waals surface area contributed by atoms with Gasteiger partial charge in [0.15, 0.2) is 0 Å². The fourth-order valence-electron chi connectivity index (χ4n) is 2.00. The van der Waals surface area contributed by atoms with Crippen LogP contribution in [0.15, 0.2) is 36.7 Å². The molecule has 0 aromatic carbocycles. The number of hydrogen-bond donors (Lipinski definition) is 0. The Morgan fingerprint density at radius 3 is 1.92 bits per heavy atom. The first-order chi connectivity index (χ1) is 11.7. The van der Waals surface area contributed by atoms with Gasteiger partial charge < -0.3 is 18.9 Å². The molecule has 0 unspecified atom stereocenters. The molecule has 2 aromatic rings. The fourth-order valence-corrected chi connectivity index (χ4v) is 2.16. The summed E-state index contributed by atoms with van der Waals surface area (Å²) in [5, 5.41) is 0.452. The predicted octanol–water partition coefficient (Wildman–Crippen LogP) is 2.68. The standard InChI is InChI=1S/C9H11NO2.C8H8ClNO2/c1-7-4-8(2-3-10-7)12-9-5-11-6-9;9-8-3-6(1-2-10-8)12-7-4-11-5-7/h2-4,9H,5-6H2,1H3;1-3,7H,4-5H2. The Hall–Kier alpha value is -1.89. The third-order valence-corrected chi connectivity index (χ3v) is 3.59. The maximum absolute atomic E-state index is 5.67. The van der Waals surface area contributed by atoms with Gasteiger partial charge in [-0.3, -0.25) is 4.98 Å². The lowest BCUT2D eigenvalue weighted by Crippen LogP contribution is -2.38. The molecule has 2 aliphatic rings. The van der Waals surface area contributed by atoms with Crippen molar-refractivity contribution in [2.75, 3.05) is 26.4 Å². The number of pyridine rings is 2. The summed E-state index contributed by atoms with van der Waals surface area (Å²) in [6.07, 6.45) is 3.80. The summed E-state index contributed by atoms with van der Waals surface area (Å²) in [5.74, 6) is 1.64. The maximum Gasteiger partial charge on any atom is 0.145 e. The smallest absolute Gasteiger partial charge is 0.145 e. The van der Waals surface area contributed by atoms with E-state index in [1.165, 1.54) is 0 Å². The molecule has 4 rings (SSSR count). The molecule has 2 aliphatic heterocycles. The summed E-state index contributed by atoms with van der Waals surface area (Å²) in [5.41, 5.74) is 0.979. The second kappa shape index (κ2) is 8.28. The van der Waals surface area contributed by atoms with Crippen LogP contribution in [0, 0.1) is 6.92 Å². The molecule has 6 nitrogen and oxygen atoms in total. The van der Waals surface area contributed by atoms with Gasteiger partial charge in [0.05, 0.1) is 26.4 Å². The van der Waals surface area contributed by atoms with Crippen LogP contribution in [-0.4, -0.2) is 48.6 Å². The van der Waals surface area contributed by atoms with E-state index in [-0.39, 0.29) is 12.2 Å². The average Bonchev–Trinajstić information content (AvgIpc) is 2.48. The minimum Gasteiger partial charge on any atom is -0.485 e. The van der Waals surface area contributed by atoms with Crippen molar-refractivity contribution < 1.29 is 18.9 Å². The highest BCUT2D eigenvalue weighted by atomic mass is 35.5. The lowest BCUT2D eigenvalue weighted by molar-refractivity contribution is -0.0797. The minimum absolute atomic E-state index is 0.184. The van der Waals surface area contributed by atoms with E-state index in [0.29, 0.717) is 31.6 Å². The summed E-state index contributed by atoms with van der Waals surface area (Å²) in [6, 6.07) is 7.27. The van der Waals surface area contributed by atoms with Crippen molar-refractivity contribution in [1.29, 1.82) is 0 Å². The average molecular weight is 351 g/mol. The largest absolute Gasteiger partial charge is 0.485 e. The maximum atomic E-state index is 5.67. The number of rotatable bonds is 4. The van der Waals surface area contributed by atoms with Gasteiger partial charge >= 0.3 is 0 Å². The van der Waals surface area contributed by atoms with Crippen LogP contribution in [0.25, 0.3) is 0 Å². The molecule has 0 N–H and O–H groups in total. The Balaban J connectivity index is 0.000000141. The van der Waals surface area contributed by atoms with Gasteiger partial charge in [0, 0.05) is 30.2 Å². The summed E-state index contributed by atoms with van der Waals surface area (Å²) in [4.78, 5) is 7.92. The number of halogens is 1. The molecule has 0 bridgehead atoms. The third kappa shape index (κ3) is 5.06. The van der Waals surface area contributed by atoms with Crippen LogP contribution >= 0.6 is 11.6 Å². The van der Waals surface area contributed by atoms with E-state index in [2.05, 4.69) is 9.97 Å². The number of aromatic nitrogens is 2. The molecule has 2 aromatic heterocycles. The Labute approximate surface area is 145 Å². The molecule has 0 saturated carbocycles. The van der Waals surface area contributed by atoms with Crippen molar-refractivity contribution in [1.82, 2.24) is 9.97 Å². The van der Waals surface area contributed by atoms with Crippen LogP contribution in [0.3, 0.4) is 0 Å². The Kier molecular flexibility index (Phi) is 5.85. The molecule has 128 valence electrons. The molecular formula is C17H19ClN2O4. The molecule has 0 atom stereocenters. The van der Waals surface area contributed by atoms with Gasteiger partial charge in [-0.15, -0.1) is 0 Å². The highest BCUT2D eigenvalue weighted by molar-refractivity contribution is 6.29. The fraction of sp³-hybridized carbons (Fsp3) is 0.412. The summed E-state index contributed by atoms with van der Waals surface area (Å²) >= 11 is 5.67. The van der Waals surface area contributed by atoms with Gasteiger partial charge in [0.1, 0.15) is 28.9 Å². The van der Waals surface area contributed by atoms with Gasteiger partial charge in [0.2, 0.25) is 0 Å². The van der Waals surface area contributed by atoms with Crippen LogP contribution in [0.2, 0.25) is 5.15 Å². The van der Waals surface area contributed by atoms with E-state index in [1.807, 2.05) is 19.1 Å². The number of hydrogen-bond acceptors (Lipinski definition) is 6. The highest BCUT2D eigenvalue weighted by Gasteiger charge is 2.20. The van der Waals surface area contributed by atoms with E-state index in [9.17, 15) is 0 Å². The number of nitrogens with zero attached hydrogens (tertiary/aromatic N) is 2. The lowest BCUT2D eigenvalue weighted by Gasteiger charge is -2.26. The first-order valence-corrected chi connectivity index (χ1v) is 8.10. The molecule has 4 heterocycles. The van der Waals surface area contributed by atoms with Crippen LogP contribution in [0.4, 0.5) is 0 Å². The molecule has 2 fully saturated rings. The van der Waals surface area contributed by atoms with Gasteiger partial charge in [-0.25, -0.2) is 4.98 Å². The quantitative estimate of drug-likeness (QED) is 0.790. The molecular weight excluding hydrogens is 332 g/mol. The summed E-state index contributed by atoms with van der Waals surface area (Å²) in [7, 11) is 0. The van der Waals surface area contributed by atoms with Crippen molar-refractivity contribution in [2.24, 2.45) is 0 Å². The van der Waals surface area contributed by atoms with Crippen LogP contribution in [0.1, 0.15) is 5.69 Å². The summed E-state index contributed by atoms with van der Waals surface area (Å²) < 4.78 is 21.0.